The molecule has 0 radical (unpaired) electrons. The van der Waals surface area contributed by atoms with Crippen molar-refractivity contribution in [1.82, 2.24) is 0 Å². The summed E-state index contributed by atoms with van der Waals surface area (Å²) in [7, 11) is 0. The van der Waals surface area contributed by atoms with E-state index in [1.165, 1.54) is 12.1 Å². The average Bonchev–Trinajstić information content (AvgIpc) is 2.40. The Bertz CT molecular complexity index is 579. The molecular formula is C14H12O6. The highest BCUT2D eigenvalue weighted by molar-refractivity contribution is 5.90. The summed E-state index contributed by atoms with van der Waals surface area (Å²) in [6, 6.07) is 14.2. The standard InChI is InChI=1S/2C7H6O3/c8-7(9)10-6-4-2-1-3-5-6;8-6-4-2-1-3-5(6)7(9)10/h1-5H,(H,8,9);1-4,8H,(H,9,10). The fourth-order valence-electron chi connectivity index (χ4n) is 1.24. The number of hydrogen-bond donors (Lipinski definition) is 3. The van der Waals surface area contributed by atoms with Crippen molar-refractivity contribution in [2.24, 2.45) is 0 Å². The molecule has 0 unspecified atom stereocenters. The van der Waals surface area contributed by atoms with E-state index in [9.17, 15) is 9.59 Å². The summed E-state index contributed by atoms with van der Waals surface area (Å²) < 4.78 is 4.33. The molecule has 0 aromatic heterocycles. The van der Waals surface area contributed by atoms with Gasteiger partial charge in [-0.2, -0.15) is 0 Å². The second-order valence-corrected chi connectivity index (χ2v) is 3.50. The zero-order valence-corrected chi connectivity index (χ0v) is 10.3. The number of carbonyl (C=O) groups is 2. The molecule has 20 heavy (non-hydrogen) atoms. The van der Waals surface area contributed by atoms with Gasteiger partial charge in [-0.3, -0.25) is 0 Å². The molecule has 0 amide bonds. The fourth-order valence-corrected chi connectivity index (χ4v) is 1.24. The fraction of sp³-hybridized carbons (Fsp3) is 0. The first kappa shape index (κ1) is 15.0. The number of carboxylic acids is 1. The maximum Gasteiger partial charge on any atom is 0.511 e. The van der Waals surface area contributed by atoms with E-state index in [1.54, 1.807) is 42.5 Å². The van der Waals surface area contributed by atoms with Crippen molar-refractivity contribution in [3.8, 4) is 11.5 Å². The van der Waals surface area contributed by atoms with Gasteiger partial charge in [0.25, 0.3) is 0 Å². The highest BCUT2D eigenvalue weighted by Crippen LogP contribution is 2.14. The normalized spacial score (nSPS) is 9.00. The molecule has 0 spiro atoms. The van der Waals surface area contributed by atoms with E-state index in [-0.39, 0.29) is 11.3 Å². The van der Waals surface area contributed by atoms with E-state index < -0.39 is 12.1 Å². The van der Waals surface area contributed by atoms with Gasteiger partial charge < -0.3 is 20.1 Å². The Morgan fingerprint density at radius 2 is 1.40 bits per heavy atom. The molecule has 0 fully saturated rings. The zero-order chi connectivity index (χ0) is 15.0. The van der Waals surface area contributed by atoms with Gasteiger partial charge in [-0.05, 0) is 24.3 Å². The molecule has 0 aliphatic heterocycles. The van der Waals surface area contributed by atoms with E-state index in [4.69, 9.17) is 15.3 Å². The van der Waals surface area contributed by atoms with E-state index >= 15 is 0 Å². The Balaban J connectivity index is 0.000000200. The summed E-state index contributed by atoms with van der Waals surface area (Å²) in [4.78, 5) is 20.2. The molecule has 6 nitrogen and oxygen atoms in total. The lowest BCUT2D eigenvalue weighted by Gasteiger charge is -1.95. The summed E-state index contributed by atoms with van der Waals surface area (Å²) in [6.45, 7) is 0. The molecule has 0 heterocycles. The molecule has 3 N–H and O–H groups in total. The van der Waals surface area contributed by atoms with Crippen molar-refractivity contribution in [3.05, 3.63) is 60.2 Å². The highest BCUT2D eigenvalue weighted by Gasteiger charge is 2.05. The van der Waals surface area contributed by atoms with Crippen LogP contribution in [-0.2, 0) is 0 Å². The summed E-state index contributed by atoms with van der Waals surface area (Å²) >= 11 is 0. The Morgan fingerprint density at radius 3 is 1.85 bits per heavy atom. The maximum absolute atomic E-state index is 10.3. The molecule has 2 aromatic carbocycles. The van der Waals surface area contributed by atoms with Crippen LogP contribution in [0.5, 0.6) is 11.5 Å². The van der Waals surface area contributed by atoms with Crippen LogP contribution in [0.2, 0.25) is 0 Å². The lowest BCUT2D eigenvalue weighted by molar-refractivity contribution is 0.0693. The van der Waals surface area contributed by atoms with Crippen LogP contribution in [0.4, 0.5) is 4.79 Å². The summed E-state index contributed by atoms with van der Waals surface area (Å²) in [5, 5.41) is 25.5. The largest absolute Gasteiger partial charge is 0.511 e. The van der Waals surface area contributed by atoms with Gasteiger partial charge in [0.2, 0.25) is 0 Å². The van der Waals surface area contributed by atoms with Gasteiger partial charge in [0.1, 0.15) is 17.1 Å². The second-order valence-electron chi connectivity index (χ2n) is 3.50. The first-order valence-electron chi connectivity index (χ1n) is 5.48. The van der Waals surface area contributed by atoms with Crippen LogP contribution in [0.1, 0.15) is 10.4 Å². The first-order chi connectivity index (χ1) is 9.50. The highest BCUT2D eigenvalue weighted by atomic mass is 16.7. The number of para-hydroxylation sites is 2. The number of aromatic carboxylic acids is 1. The third-order valence-corrected chi connectivity index (χ3v) is 2.08. The third-order valence-electron chi connectivity index (χ3n) is 2.08. The maximum atomic E-state index is 10.3. The van der Waals surface area contributed by atoms with Crippen molar-refractivity contribution in [2.45, 2.75) is 0 Å². The van der Waals surface area contributed by atoms with Gasteiger partial charge in [-0.15, -0.1) is 0 Å². The Morgan fingerprint density at radius 1 is 0.850 bits per heavy atom. The zero-order valence-electron chi connectivity index (χ0n) is 10.3. The van der Waals surface area contributed by atoms with E-state index in [0.717, 1.165) is 0 Å². The molecule has 6 heteroatoms. The number of phenols is 1. The number of benzene rings is 2. The predicted octanol–water partition coefficient (Wildman–Crippen LogP) is 2.83. The number of aromatic hydroxyl groups is 1. The number of hydrogen-bond acceptors (Lipinski definition) is 4. The minimum atomic E-state index is -1.29. The predicted molar refractivity (Wildman–Crippen MR) is 70.2 cm³/mol. The van der Waals surface area contributed by atoms with Gasteiger partial charge in [0, 0.05) is 0 Å². The molecule has 104 valence electrons. The Kier molecular flexibility index (Phi) is 5.58. The molecule has 0 atom stereocenters. The van der Waals surface area contributed by atoms with Gasteiger partial charge in [-0.1, -0.05) is 30.3 Å². The Hall–Kier alpha value is -3.02. The van der Waals surface area contributed by atoms with Crippen molar-refractivity contribution < 1.29 is 29.6 Å². The first-order valence-corrected chi connectivity index (χ1v) is 5.48. The van der Waals surface area contributed by atoms with Crippen LogP contribution in [-0.4, -0.2) is 27.4 Å². The molecular weight excluding hydrogens is 264 g/mol. The Labute approximate surface area is 114 Å². The van der Waals surface area contributed by atoms with E-state index in [1.807, 2.05) is 0 Å². The van der Waals surface area contributed by atoms with Gasteiger partial charge >= 0.3 is 12.1 Å². The lowest BCUT2D eigenvalue weighted by Crippen LogP contribution is -2.02. The lowest BCUT2D eigenvalue weighted by atomic mass is 10.2. The van der Waals surface area contributed by atoms with Crippen LogP contribution >= 0.6 is 0 Å². The monoisotopic (exact) mass is 276 g/mol. The molecule has 2 aromatic rings. The van der Waals surface area contributed by atoms with Crippen molar-refractivity contribution >= 4 is 12.1 Å². The summed E-state index contributed by atoms with van der Waals surface area (Å²) in [5.74, 6) is -0.969. The van der Waals surface area contributed by atoms with Crippen LogP contribution in [0.25, 0.3) is 0 Å². The van der Waals surface area contributed by atoms with Crippen molar-refractivity contribution in [2.75, 3.05) is 0 Å². The van der Waals surface area contributed by atoms with Gasteiger partial charge in [0.15, 0.2) is 0 Å². The van der Waals surface area contributed by atoms with Crippen LogP contribution in [0.3, 0.4) is 0 Å². The summed E-state index contributed by atoms with van der Waals surface area (Å²) in [6.07, 6.45) is -1.29. The molecule has 0 aliphatic rings. The van der Waals surface area contributed by atoms with Gasteiger partial charge in [0.05, 0.1) is 0 Å². The van der Waals surface area contributed by atoms with Crippen LogP contribution < -0.4 is 4.74 Å². The summed E-state index contributed by atoms with van der Waals surface area (Å²) in [5.41, 5.74) is -0.0671. The van der Waals surface area contributed by atoms with E-state index in [2.05, 4.69) is 4.74 Å². The minimum Gasteiger partial charge on any atom is -0.507 e. The molecule has 0 saturated carbocycles. The second kappa shape index (κ2) is 7.42. The minimum absolute atomic E-state index is 0.0671. The SMILES string of the molecule is O=C(O)Oc1ccccc1.O=C(O)c1ccccc1O. The van der Waals surface area contributed by atoms with Crippen molar-refractivity contribution in [3.63, 3.8) is 0 Å². The smallest absolute Gasteiger partial charge is 0.507 e. The molecule has 2 rings (SSSR count). The molecule has 0 saturated heterocycles. The third kappa shape index (κ3) is 5.09. The molecule has 0 bridgehead atoms. The number of carboxylic acid groups (broad SMARTS) is 2. The quantitative estimate of drug-likeness (QED) is 0.575. The van der Waals surface area contributed by atoms with Crippen LogP contribution in [0, 0.1) is 0 Å². The average molecular weight is 276 g/mol. The van der Waals surface area contributed by atoms with E-state index in [0.29, 0.717) is 5.75 Å². The van der Waals surface area contributed by atoms with Gasteiger partial charge in [-0.25, -0.2) is 9.59 Å². The number of rotatable bonds is 2. The molecule has 0 aliphatic carbocycles. The van der Waals surface area contributed by atoms with Crippen LogP contribution in [0.15, 0.2) is 54.6 Å². The number of ether oxygens (including phenoxy) is 1. The van der Waals surface area contributed by atoms with Crippen molar-refractivity contribution in [1.29, 1.82) is 0 Å². The topological polar surface area (TPSA) is 104 Å².